The molecule has 4 rings (SSSR count). The Morgan fingerprint density at radius 2 is 1.88 bits per heavy atom. The molecule has 7 nitrogen and oxygen atoms in total. The molecule has 1 atom stereocenters. The summed E-state index contributed by atoms with van der Waals surface area (Å²) in [6, 6.07) is 15.8. The van der Waals surface area contributed by atoms with Crippen LogP contribution in [-0.2, 0) is 16.1 Å². The average Bonchev–Trinajstić information content (AvgIpc) is 3.36. The predicted molar refractivity (Wildman–Crippen MR) is 148 cm³/mol. The zero-order valence-corrected chi connectivity index (χ0v) is 21.9. The van der Waals surface area contributed by atoms with Gasteiger partial charge in [-0.05, 0) is 49.1 Å². The van der Waals surface area contributed by atoms with Crippen molar-refractivity contribution in [3.05, 3.63) is 59.7 Å². The van der Waals surface area contributed by atoms with E-state index >= 15 is 0 Å². The summed E-state index contributed by atoms with van der Waals surface area (Å²) >= 11 is 0. The summed E-state index contributed by atoms with van der Waals surface area (Å²) in [5, 5.41) is 12.7. The van der Waals surface area contributed by atoms with Gasteiger partial charge in [-0.2, -0.15) is 0 Å². The van der Waals surface area contributed by atoms with Crippen LogP contribution in [0.1, 0.15) is 56.1 Å². The Morgan fingerprint density at radius 3 is 2.68 bits per heavy atom. The molecule has 182 valence electrons. The third-order valence-electron chi connectivity index (χ3n) is 6.31. The molecule has 1 aliphatic heterocycles. The highest BCUT2D eigenvalue weighted by Gasteiger charge is 2.25. The van der Waals surface area contributed by atoms with E-state index in [9.17, 15) is 9.59 Å². The van der Waals surface area contributed by atoms with Gasteiger partial charge in [-0.1, -0.05) is 43.2 Å². The van der Waals surface area contributed by atoms with Crippen LogP contribution in [0, 0.1) is 5.92 Å². The number of aliphatic imine (C=N–C) groups is 1. The van der Waals surface area contributed by atoms with Gasteiger partial charge in [-0.3, -0.25) is 9.59 Å². The van der Waals surface area contributed by atoms with E-state index in [4.69, 9.17) is 4.99 Å². The molecule has 1 saturated carbocycles. The SMILES string of the molecule is CCNC(=NCc1cccc(NC(=O)C2CCCC2)c1)NCC1CC(=O)Nc2ccccc21.I. The second-order valence-corrected chi connectivity index (χ2v) is 8.78. The lowest BCUT2D eigenvalue weighted by Gasteiger charge is -2.26. The number of carbonyl (C=O) groups is 2. The minimum Gasteiger partial charge on any atom is -0.357 e. The number of carbonyl (C=O) groups excluding carboxylic acids is 2. The van der Waals surface area contributed by atoms with Crippen LogP contribution in [0.4, 0.5) is 11.4 Å². The largest absolute Gasteiger partial charge is 0.357 e. The van der Waals surface area contributed by atoms with E-state index in [0.29, 0.717) is 25.5 Å². The van der Waals surface area contributed by atoms with Gasteiger partial charge in [0.25, 0.3) is 0 Å². The molecule has 0 spiro atoms. The first-order valence-electron chi connectivity index (χ1n) is 11.9. The number of benzene rings is 2. The summed E-state index contributed by atoms with van der Waals surface area (Å²) in [7, 11) is 0. The number of amides is 2. The van der Waals surface area contributed by atoms with E-state index in [2.05, 4.69) is 27.3 Å². The van der Waals surface area contributed by atoms with Crippen LogP contribution in [-0.4, -0.2) is 30.9 Å². The number of nitrogens with zero attached hydrogens (tertiary/aromatic N) is 1. The molecule has 2 aromatic rings. The lowest BCUT2D eigenvalue weighted by Crippen LogP contribution is -2.40. The second-order valence-electron chi connectivity index (χ2n) is 8.78. The quantitative estimate of drug-likeness (QED) is 0.220. The van der Waals surface area contributed by atoms with Crippen molar-refractivity contribution in [2.45, 2.75) is 51.5 Å². The van der Waals surface area contributed by atoms with Gasteiger partial charge in [0.2, 0.25) is 11.8 Å². The molecule has 2 amide bonds. The van der Waals surface area contributed by atoms with Crippen molar-refractivity contribution in [3.8, 4) is 0 Å². The molecule has 34 heavy (non-hydrogen) atoms. The number of anilines is 2. The monoisotopic (exact) mass is 575 g/mol. The van der Waals surface area contributed by atoms with Crippen LogP contribution in [0.5, 0.6) is 0 Å². The zero-order valence-electron chi connectivity index (χ0n) is 19.6. The topological polar surface area (TPSA) is 94.6 Å². The minimum atomic E-state index is 0. The van der Waals surface area contributed by atoms with Crippen molar-refractivity contribution < 1.29 is 9.59 Å². The summed E-state index contributed by atoms with van der Waals surface area (Å²) in [6.07, 6.45) is 4.71. The molecular weight excluding hydrogens is 541 g/mol. The van der Waals surface area contributed by atoms with Crippen LogP contribution in [0.25, 0.3) is 0 Å². The van der Waals surface area contributed by atoms with Crippen molar-refractivity contribution in [2.24, 2.45) is 10.9 Å². The van der Waals surface area contributed by atoms with Crippen LogP contribution in [0.2, 0.25) is 0 Å². The lowest BCUT2D eigenvalue weighted by molar-refractivity contribution is -0.119. The molecule has 0 aromatic heterocycles. The van der Waals surface area contributed by atoms with E-state index in [1.807, 2.05) is 49.4 Å². The Hall–Kier alpha value is -2.62. The first-order chi connectivity index (χ1) is 16.1. The number of nitrogens with one attached hydrogen (secondary N) is 4. The third-order valence-corrected chi connectivity index (χ3v) is 6.31. The molecule has 4 N–H and O–H groups in total. The first-order valence-corrected chi connectivity index (χ1v) is 11.9. The zero-order chi connectivity index (χ0) is 23.0. The number of para-hydroxylation sites is 1. The van der Waals surface area contributed by atoms with Gasteiger partial charge in [-0.25, -0.2) is 4.99 Å². The maximum Gasteiger partial charge on any atom is 0.227 e. The highest BCUT2D eigenvalue weighted by molar-refractivity contribution is 14.0. The Labute approximate surface area is 218 Å². The summed E-state index contributed by atoms with van der Waals surface area (Å²) < 4.78 is 0. The Kier molecular flexibility index (Phi) is 9.74. The number of rotatable bonds is 7. The van der Waals surface area contributed by atoms with E-state index in [1.54, 1.807) is 0 Å². The van der Waals surface area contributed by atoms with Crippen LogP contribution >= 0.6 is 24.0 Å². The highest BCUT2D eigenvalue weighted by atomic mass is 127. The Balaban J connectivity index is 0.00000324. The van der Waals surface area contributed by atoms with Crippen molar-refractivity contribution in [3.63, 3.8) is 0 Å². The molecule has 0 bridgehead atoms. The first kappa shape index (κ1) is 26.0. The van der Waals surface area contributed by atoms with E-state index < -0.39 is 0 Å². The molecule has 8 heteroatoms. The maximum absolute atomic E-state index is 12.4. The van der Waals surface area contributed by atoms with Gasteiger partial charge < -0.3 is 21.3 Å². The maximum atomic E-state index is 12.4. The molecule has 1 aliphatic carbocycles. The lowest BCUT2D eigenvalue weighted by atomic mass is 9.90. The van der Waals surface area contributed by atoms with Gasteiger partial charge >= 0.3 is 0 Å². The normalized spacial score (nSPS) is 17.9. The number of hydrogen-bond acceptors (Lipinski definition) is 3. The second kappa shape index (κ2) is 12.7. The number of halogens is 1. The van der Waals surface area contributed by atoms with Gasteiger partial charge in [0.15, 0.2) is 5.96 Å². The standard InChI is InChI=1S/C26H33N5O2.HI/c1-2-27-26(29-17-20-15-24(32)31-23-13-6-5-12-22(20)23)28-16-18-8-7-11-21(14-18)30-25(33)19-9-3-4-10-19;/h5-8,11-14,19-20H,2-4,9-10,15-17H2,1H3,(H,30,33)(H,31,32)(H2,27,28,29);1H. The fourth-order valence-corrected chi connectivity index (χ4v) is 4.60. The average molecular weight is 575 g/mol. The number of guanidine groups is 1. The van der Waals surface area contributed by atoms with E-state index in [-0.39, 0.29) is 47.6 Å². The van der Waals surface area contributed by atoms with Gasteiger partial charge in [0, 0.05) is 42.7 Å². The summed E-state index contributed by atoms with van der Waals surface area (Å²) in [5.74, 6) is 1.11. The fourth-order valence-electron chi connectivity index (χ4n) is 4.60. The number of hydrogen-bond donors (Lipinski definition) is 4. The van der Waals surface area contributed by atoms with Crippen molar-refractivity contribution in [2.75, 3.05) is 23.7 Å². The van der Waals surface area contributed by atoms with Gasteiger partial charge in [0.1, 0.15) is 0 Å². The van der Waals surface area contributed by atoms with Crippen molar-refractivity contribution in [1.29, 1.82) is 0 Å². The molecule has 2 aliphatic rings. The summed E-state index contributed by atoms with van der Waals surface area (Å²) in [4.78, 5) is 29.3. The molecule has 2 aromatic carbocycles. The summed E-state index contributed by atoms with van der Waals surface area (Å²) in [5.41, 5.74) is 3.88. The highest BCUT2D eigenvalue weighted by Crippen LogP contribution is 2.31. The van der Waals surface area contributed by atoms with Crippen molar-refractivity contribution >= 4 is 53.1 Å². The molecule has 0 saturated heterocycles. The fraction of sp³-hybridized carbons (Fsp3) is 0.423. The summed E-state index contributed by atoms with van der Waals surface area (Å²) in [6.45, 7) is 3.88. The number of fused-ring (bicyclic) bond motifs is 1. The third kappa shape index (κ3) is 6.94. The van der Waals surface area contributed by atoms with Crippen LogP contribution < -0.4 is 21.3 Å². The Morgan fingerprint density at radius 1 is 1.09 bits per heavy atom. The Bertz CT molecular complexity index is 1020. The molecule has 0 radical (unpaired) electrons. The predicted octanol–water partition coefficient (Wildman–Crippen LogP) is 4.61. The van der Waals surface area contributed by atoms with Crippen molar-refractivity contribution in [1.82, 2.24) is 10.6 Å². The molecule has 1 unspecified atom stereocenters. The van der Waals surface area contributed by atoms with Crippen LogP contribution in [0.15, 0.2) is 53.5 Å². The van der Waals surface area contributed by atoms with Gasteiger partial charge in [-0.15, -0.1) is 24.0 Å². The molecule has 1 heterocycles. The van der Waals surface area contributed by atoms with Gasteiger partial charge in [0.05, 0.1) is 6.54 Å². The van der Waals surface area contributed by atoms with E-state index in [1.165, 1.54) is 0 Å². The minimum absolute atomic E-state index is 0. The molecular formula is C26H34IN5O2. The smallest absolute Gasteiger partial charge is 0.227 e. The van der Waals surface area contributed by atoms with E-state index in [0.717, 1.165) is 54.7 Å². The molecule has 1 fully saturated rings. The van der Waals surface area contributed by atoms with Crippen LogP contribution in [0.3, 0.4) is 0 Å².